The van der Waals surface area contributed by atoms with Gasteiger partial charge in [0.2, 0.25) is 11.7 Å². The van der Waals surface area contributed by atoms with Gasteiger partial charge in [-0.2, -0.15) is 5.10 Å². The van der Waals surface area contributed by atoms with Crippen LogP contribution < -0.4 is 10.6 Å². The number of rotatable bonds is 11. The van der Waals surface area contributed by atoms with Gasteiger partial charge in [0, 0.05) is 23.6 Å². The summed E-state index contributed by atoms with van der Waals surface area (Å²) in [6, 6.07) is 17.4. The fraction of sp³-hybridized carbons (Fsp3) is 0.276. The zero-order chi connectivity index (χ0) is 27.8. The molecule has 0 bridgehead atoms. The molecule has 2 amide bonds. The number of carbonyl (C=O) groups is 3. The maximum atomic E-state index is 12.9. The highest BCUT2D eigenvalue weighted by atomic mass is 16.5. The maximum absolute atomic E-state index is 12.9. The van der Waals surface area contributed by atoms with E-state index < -0.39 is 17.9 Å². The van der Waals surface area contributed by atoms with Crippen molar-refractivity contribution in [2.75, 3.05) is 7.11 Å². The lowest BCUT2D eigenvalue weighted by molar-refractivity contribution is -0.142. The number of methoxy groups -OCH3 is 1. The molecule has 0 aliphatic rings. The fourth-order valence-corrected chi connectivity index (χ4v) is 4.09. The Hall–Kier alpha value is -4.73. The Labute approximate surface area is 226 Å². The lowest BCUT2D eigenvalue weighted by atomic mass is 10.1. The third-order valence-electron chi connectivity index (χ3n) is 6.36. The van der Waals surface area contributed by atoms with E-state index in [1.807, 2.05) is 68.4 Å². The summed E-state index contributed by atoms with van der Waals surface area (Å²) < 4.78 is 10.6. The summed E-state index contributed by atoms with van der Waals surface area (Å²) in [7, 11) is 1.28. The van der Waals surface area contributed by atoms with Gasteiger partial charge in [-0.15, -0.1) is 0 Å². The molecular formula is C29H31N5O5. The lowest BCUT2D eigenvalue weighted by Gasteiger charge is -2.15. The Kier molecular flexibility index (Phi) is 8.88. The van der Waals surface area contributed by atoms with Crippen LogP contribution in [0.3, 0.4) is 0 Å². The zero-order valence-corrected chi connectivity index (χ0v) is 22.1. The predicted octanol–water partition coefficient (Wildman–Crippen LogP) is 4.16. The molecule has 2 aromatic heterocycles. The molecule has 0 saturated carbocycles. The molecule has 0 unspecified atom stereocenters. The molecule has 0 radical (unpaired) electrons. The molecule has 0 saturated heterocycles. The monoisotopic (exact) mass is 529 g/mol. The van der Waals surface area contributed by atoms with E-state index in [4.69, 9.17) is 9.15 Å². The summed E-state index contributed by atoms with van der Waals surface area (Å²) in [6.07, 6.45) is 3.34. The Bertz CT molecular complexity index is 1420. The normalized spacial score (nSPS) is 11.7. The molecule has 4 rings (SSSR count). The van der Waals surface area contributed by atoms with Crippen molar-refractivity contribution in [3.63, 3.8) is 0 Å². The summed E-state index contributed by atoms with van der Waals surface area (Å²) in [6.45, 7) is 4.02. The minimum atomic E-state index is -0.866. The molecule has 1 atom stereocenters. The Morgan fingerprint density at radius 1 is 0.949 bits per heavy atom. The molecule has 0 fully saturated rings. The number of aromatic nitrogens is 3. The van der Waals surface area contributed by atoms with E-state index in [0.29, 0.717) is 17.1 Å². The van der Waals surface area contributed by atoms with Crippen LogP contribution in [-0.2, 0) is 16.0 Å². The number of esters is 1. The topological polar surface area (TPSA) is 139 Å². The molecule has 10 heteroatoms. The first kappa shape index (κ1) is 27.3. The Morgan fingerprint density at radius 3 is 2.41 bits per heavy atom. The van der Waals surface area contributed by atoms with Gasteiger partial charge in [-0.25, -0.2) is 9.78 Å². The average Bonchev–Trinajstić information content (AvgIpc) is 3.67. The summed E-state index contributed by atoms with van der Waals surface area (Å²) in [5, 5.41) is 12.6. The van der Waals surface area contributed by atoms with Crippen LogP contribution in [0.4, 0.5) is 0 Å². The quantitative estimate of drug-likeness (QED) is 0.248. The van der Waals surface area contributed by atoms with E-state index in [-0.39, 0.29) is 29.8 Å². The van der Waals surface area contributed by atoms with Crippen molar-refractivity contribution in [1.82, 2.24) is 25.8 Å². The van der Waals surface area contributed by atoms with Crippen LogP contribution in [0.2, 0.25) is 0 Å². The maximum Gasteiger partial charge on any atom is 0.328 e. The van der Waals surface area contributed by atoms with Crippen LogP contribution in [0.5, 0.6) is 0 Å². The first-order valence-corrected chi connectivity index (χ1v) is 12.8. The van der Waals surface area contributed by atoms with E-state index in [1.54, 1.807) is 6.07 Å². The highest BCUT2D eigenvalue weighted by Gasteiger charge is 2.24. The van der Waals surface area contributed by atoms with Crippen molar-refractivity contribution < 1.29 is 23.5 Å². The van der Waals surface area contributed by atoms with Crippen molar-refractivity contribution in [2.45, 2.75) is 45.2 Å². The molecule has 3 N–H and O–H groups in total. The van der Waals surface area contributed by atoms with Gasteiger partial charge in [0.25, 0.3) is 11.8 Å². The minimum absolute atomic E-state index is 0.0717. The van der Waals surface area contributed by atoms with Gasteiger partial charge in [-0.1, -0.05) is 56.3 Å². The number of H-pyrrole nitrogens is 1. The highest BCUT2D eigenvalue weighted by molar-refractivity contribution is 5.96. The van der Waals surface area contributed by atoms with Crippen LogP contribution in [0.15, 0.2) is 71.3 Å². The number of nitrogens with zero attached hydrogens (tertiary/aromatic N) is 2. The van der Waals surface area contributed by atoms with Gasteiger partial charge in [0.1, 0.15) is 6.04 Å². The predicted molar refractivity (Wildman–Crippen MR) is 145 cm³/mol. The lowest BCUT2D eigenvalue weighted by Crippen LogP contribution is -2.43. The number of carbonyl (C=O) groups excluding carboxylic acids is 3. The summed E-state index contributed by atoms with van der Waals surface area (Å²) in [5.41, 5.74) is 2.97. The second-order valence-electron chi connectivity index (χ2n) is 9.00. The van der Waals surface area contributed by atoms with Gasteiger partial charge >= 0.3 is 5.97 Å². The molecule has 2 heterocycles. The van der Waals surface area contributed by atoms with Gasteiger partial charge in [0.15, 0.2) is 5.69 Å². The van der Waals surface area contributed by atoms with E-state index in [9.17, 15) is 14.4 Å². The number of amides is 2. The van der Waals surface area contributed by atoms with Crippen molar-refractivity contribution >= 4 is 17.8 Å². The smallest absolute Gasteiger partial charge is 0.328 e. The highest BCUT2D eigenvalue weighted by Crippen LogP contribution is 2.26. The SMILES string of the molecule is CCC(CC)NC(=O)c1cnc(-c2cccc(-c3cc(C(=O)N[C@@H](Cc4ccccc4)C(=O)OC)n[nH]3)c2)o1. The molecular weight excluding hydrogens is 498 g/mol. The molecule has 202 valence electrons. The number of aromatic amines is 1. The fourth-order valence-electron chi connectivity index (χ4n) is 4.09. The molecule has 0 aliphatic heterocycles. The summed E-state index contributed by atoms with van der Waals surface area (Å²) in [5.74, 6) is -0.931. The number of benzene rings is 2. The summed E-state index contributed by atoms with van der Waals surface area (Å²) in [4.78, 5) is 42.0. The van der Waals surface area contributed by atoms with Gasteiger partial charge < -0.3 is 19.8 Å². The third kappa shape index (κ3) is 6.78. The van der Waals surface area contributed by atoms with Gasteiger partial charge in [0.05, 0.1) is 19.0 Å². The van der Waals surface area contributed by atoms with Gasteiger partial charge in [-0.05, 0) is 36.6 Å². The van der Waals surface area contributed by atoms with Crippen LogP contribution >= 0.6 is 0 Å². The molecule has 2 aromatic carbocycles. The van der Waals surface area contributed by atoms with E-state index in [1.165, 1.54) is 13.3 Å². The molecule has 10 nitrogen and oxygen atoms in total. The van der Waals surface area contributed by atoms with Crippen LogP contribution in [0, 0.1) is 0 Å². The number of hydrogen-bond donors (Lipinski definition) is 3. The van der Waals surface area contributed by atoms with Crippen molar-refractivity contribution in [2.24, 2.45) is 0 Å². The second kappa shape index (κ2) is 12.7. The first-order valence-electron chi connectivity index (χ1n) is 12.8. The second-order valence-corrected chi connectivity index (χ2v) is 9.00. The Balaban J connectivity index is 1.47. The zero-order valence-electron chi connectivity index (χ0n) is 22.1. The van der Waals surface area contributed by atoms with E-state index in [0.717, 1.165) is 24.0 Å². The molecule has 4 aromatic rings. The van der Waals surface area contributed by atoms with Crippen molar-refractivity contribution in [3.8, 4) is 22.7 Å². The number of hydrogen-bond acceptors (Lipinski definition) is 7. The standard InChI is InChI=1S/C29H31N5O5/c1-4-21(5-2)31-27(36)25-17-30-28(39-25)20-13-9-12-19(15-20)22-16-23(34-33-22)26(35)32-24(29(37)38-3)14-18-10-7-6-8-11-18/h6-13,15-17,21,24H,4-5,14H2,1-3H3,(H,31,36)(H,32,35)(H,33,34)/t24-/m0/s1. The minimum Gasteiger partial charge on any atom is -0.467 e. The van der Waals surface area contributed by atoms with Crippen LogP contribution in [-0.4, -0.2) is 52.2 Å². The van der Waals surface area contributed by atoms with Crippen LogP contribution in [0.1, 0.15) is 53.3 Å². The van der Waals surface area contributed by atoms with E-state index in [2.05, 4.69) is 25.8 Å². The number of nitrogens with one attached hydrogen (secondary N) is 3. The molecule has 39 heavy (non-hydrogen) atoms. The molecule has 0 spiro atoms. The largest absolute Gasteiger partial charge is 0.467 e. The average molecular weight is 530 g/mol. The Morgan fingerprint density at radius 2 is 1.69 bits per heavy atom. The van der Waals surface area contributed by atoms with Gasteiger partial charge in [-0.3, -0.25) is 14.7 Å². The van der Waals surface area contributed by atoms with E-state index >= 15 is 0 Å². The first-order chi connectivity index (χ1) is 18.9. The van der Waals surface area contributed by atoms with Crippen molar-refractivity contribution in [3.05, 3.63) is 83.9 Å². The number of oxazole rings is 1. The van der Waals surface area contributed by atoms with Crippen LogP contribution in [0.25, 0.3) is 22.7 Å². The molecule has 0 aliphatic carbocycles. The number of ether oxygens (including phenoxy) is 1. The van der Waals surface area contributed by atoms with Crippen molar-refractivity contribution in [1.29, 1.82) is 0 Å². The third-order valence-corrected chi connectivity index (χ3v) is 6.36. The summed E-state index contributed by atoms with van der Waals surface area (Å²) >= 11 is 0.